The van der Waals surface area contributed by atoms with Gasteiger partial charge in [0.1, 0.15) is 5.82 Å². The maximum Gasteiger partial charge on any atom is 0.165 e. The van der Waals surface area contributed by atoms with Crippen molar-refractivity contribution in [2.75, 3.05) is 5.32 Å². The van der Waals surface area contributed by atoms with Gasteiger partial charge in [-0.05, 0) is 43.2 Å². The lowest BCUT2D eigenvalue weighted by Crippen LogP contribution is -2.00. The quantitative estimate of drug-likeness (QED) is 0.480. The van der Waals surface area contributed by atoms with Crippen LogP contribution in [0.3, 0.4) is 0 Å². The molecule has 0 aliphatic carbocycles. The number of allylic oxidation sites excluding steroid dienone is 2. The summed E-state index contributed by atoms with van der Waals surface area (Å²) in [7, 11) is 0. The van der Waals surface area contributed by atoms with E-state index >= 15 is 0 Å². The van der Waals surface area contributed by atoms with E-state index < -0.39 is 0 Å². The number of hydrogen-bond donors (Lipinski definition) is 1. The van der Waals surface area contributed by atoms with Gasteiger partial charge in [0.25, 0.3) is 0 Å². The monoisotopic (exact) mass is 393 g/mol. The van der Waals surface area contributed by atoms with Gasteiger partial charge >= 0.3 is 0 Å². The Hall–Kier alpha value is -3.08. The Kier molecular flexibility index (Phi) is 14.2. The Morgan fingerprint density at radius 3 is 2.17 bits per heavy atom. The van der Waals surface area contributed by atoms with Crippen molar-refractivity contribution < 1.29 is 0 Å². The molecule has 0 radical (unpaired) electrons. The third kappa shape index (κ3) is 9.60. The highest BCUT2D eigenvalue weighted by Crippen LogP contribution is 2.22. The van der Waals surface area contributed by atoms with E-state index in [1.807, 2.05) is 65.0 Å². The number of hydrogen-bond acceptors (Lipinski definition) is 5. The zero-order valence-corrected chi connectivity index (χ0v) is 18.8. The average Bonchev–Trinajstić information content (AvgIpc) is 2.76. The second-order valence-corrected chi connectivity index (χ2v) is 5.68. The molecule has 3 rings (SSSR count). The van der Waals surface area contributed by atoms with E-state index in [2.05, 4.69) is 51.8 Å². The summed E-state index contributed by atoms with van der Waals surface area (Å²) < 4.78 is 0. The summed E-state index contributed by atoms with van der Waals surface area (Å²) in [5.74, 6) is 1.84. The maximum absolute atomic E-state index is 4.60. The molecule has 0 atom stereocenters. The molecule has 0 aliphatic heterocycles. The molecular weight excluding hydrogens is 358 g/mol. The van der Waals surface area contributed by atoms with Crippen LogP contribution in [0.25, 0.3) is 17.1 Å². The molecule has 0 saturated carbocycles. The summed E-state index contributed by atoms with van der Waals surface area (Å²) in [6, 6.07) is 7.64. The Morgan fingerprint density at radius 2 is 1.59 bits per heavy atom. The molecule has 0 amide bonds. The molecule has 0 spiro atoms. The summed E-state index contributed by atoms with van der Waals surface area (Å²) in [4.78, 5) is 17.4. The normalized spacial score (nSPS) is 9.52. The molecule has 5 nitrogen and oxygen atoms in total. The predicted octanol–water partition coefficient (Wildman–Crippen LogP) is 7.08. The Morgan fingerprint density at radius 1 is 0.966 bits per heavy atom. The first-order valence-corrected chi connectivity index (χ1v) is 10.2. The lowest BCUT2D eigenvalue weighted by Gasteiger charge is -2.09. The van der Waals surface area contributed by atoms with Crippen molar-refractivity contribution in [1.82, 2.24) is 19.9 Å². The van der Waals surface area contributed by atoms with E-state index in [9.17, 15) is 0 Å². The first-order valence-electron chi connectivity index (χ1n) is 10.2. The molecular formula is C24H35N5. The van der Waals surface area contributed by atoms with Gasteiger partial charge in [-0.3, -0.25) is 4.98 Å². The predicted molar refractivity (Wildman–Crippen MR) is 127 cm³/mol. The summed E-state index contributed by atoms with van der Waals surface area (Å²) in [6.45, 7) is 17.5. The maximum atomic E-state index is 4.60. The number of pyridine rings is 2. The van der Waals surface area contributed by atoms with Crippen LogP contribution in [0.15, 0.2) is 61.6 Å². The number of nitrogens with zero attached hydrogens (tertiary/aromatic N) is 4. The lowest BCUT2D eigenvalue weighted by molar-refractivity contribution is 0.835. The van der Waals surface area contributed by atoms with Crippen LogP contribution < -0.4 is 5.32 Å². The van der Waals surface area contributed by atoms with Crippen LogP contribution in [0.5, 0.6) is 0 Å². The molecule has 3 aromatic heterocycles. The number of rotatable bonds is 4. The van der Waals surface area contributed by atoms with E-state index in [1.54, 1.807) is 24.7 Å². The first kappa shape index (κ1) is 25.9. The van der Waals surface area contributed by atoms with E-state index in [0.29, 0.717) is 17.4 Å². The molecule has 3 heterocycles. The molecule has 5 heteroatoms. The Bertz CT molecular complexity index is 842. The second-order valence-electron chi connectivity index (χ2n) is 5.68. The SMILES string of the molecule is C=CC.CC.CC.CC(C)/C=C/c1nc(Nc2ccncc2)c2cccnc2n1. The minimum Gasteiger partial charge on any atom is -0.339 e. The minimum absolute atomic E-state index is 0.444. The fourth-order valence-corrected chi connectivity index (χ4v) is 2.00. The standard InChI is InChI=1S/C17H17N5.C3H6.2C2H6/c1-12(2)5-6-15-21-16-14(4-3-9-19-16)17(22-15)20-13-7-10-18-11-8-13;1-3-2;2*1-2/h3-12H,1-2H3,(H,18,19,20,21,22);3H,1H2,2H3;2*1-2H3/b6-5+;;;. The Labute approximate surface area is 176 Å². The van der Waals surface area contributed by atoms with Crippen LogP contribution in [0, 0.1) is 5.92 Å². The number of anilines is 2. The fourth-order valence-electron chi connectivity index (χ4n) is 2.00. The zero-order valence-electron chi connectivity index (χ0n) is 18.8. The topological polar surface area (TPSA) is 63.6 Å². The lowest BCUT2D eigenvalue weighted by atomic mass is 10.2. The van der Waals surface area contributed by atoms with Crippen LogP contribution in [-0.4, -0.2) is 19.9 Å². The molecule has 0 fully saturated rings. The van der Waals surface area contributed by atoms with Crippen molar-refractivity contribution >= 4 is 28.6 Å². The summed E-state index contributed by atoms with van der Waals surface area (Å²) in [6.07, 6.45) is 11.0. The van der Waals surface area contributed by atoms with Gasteiger partial charge in [0.15, 0.2) is 11.5 Å². The van der Waals surface area contributed by atoms with E-state index in [1.165, 1.54) is 0 Å². The van der Waals surface area contributed by atoms with Gasteiger partial charge in [0.2, 0.25) is 0 Å². The van der Waals surface area contributed by atoms with Crippen molar-refractivity contribution in [3.8, 4) is 0 Å². The molecule has 0 saturated heterocycles. The van der Waals surface area contributed by atoms with Crippen molar-refractivity contribution in [3.05, 3.63) is 67.4 Å². The van der Waals surface area contributed by atoms with E-state index in [4.69, 9.17) is 0 Å². The second kappa shape index (κ2) is 15.9. The van der Waals surface area contributed by atoms with Crippen LogP contribution in [-0.2, 0) is 0 Å². The highest BCUT2D eigenvalue weighted by molar-refractivity contribution is 5.88. The highest BCUT2D eigenvalue weighted by Gasteiger charge is 2.07. The fraction of sp³-hybridized carbons (Fsp3) is 0.333. The number of fused-ring (bicyclic) bond motifs is 1. The van der Waals surface area contributed by atoms with Gasteiger partial charge in [0.05, 0.1) is 5.39 Å². The van der Waals surface area contributed by atoms with Gasteiger partial charge in [-0.2, -0.15) is 0 Å². The molecule has 0 unspecified atom stereocenters. The average molecular weight is 394 g/mol. The van der Waals surface area contributed by atoms with Crippen LogP contribution in [0.1, 0.15) is 54.3 Å². The number of aromatic nitrogens is 4. The molecule has 29 heavy (non-hydrogen) atoms. The summed E-state index contributed by atoms with van der Waals surface area (Å²) in [5, 5.41) is 4.20. The third-order valence-electron chi connectivity index (χ3n) is 3.06. The van der Waals surface area contributed by atoms with Gasteiger partial charge in [0, 0.05) is 24.3 Å². The first-order chi connectivity index (χ1) is 14.1. The van der Waals surface area contributed by atoms with Gasteiger partial charge in [-0.15, -0.1) is 6.58 Å². The van der Waals surface area contributed by atoms with Crippen molar-refractivity contribution in [1.29, 1.82) is 0 Å². The number of nitrogens with one attached hydrogen (secondary N) is 1. The van der Waals surface area contributed by atoms with Crippen molar-refractivity contribution in [3.63, 3.8) is 0 Å². The van der Waals surface area contributed by atoms with Crippen molar-refractivity contribution in [2.24, 2.45) is 5.92 Å². The van der Waals surface area contributed by atoms with Gasteiger partial charge in [-0.25, -0.2) is 15.0 Å². The smallest absolute Gasteiger partial charge is 0.165 e. The van der Waals surface area contributed by atoms with E-state index in [-0.39, 0.29) is 0 Å². The van der Waals surface area contributed by atoms with Gasteiger partial charge in [-0.1, -0.05) is 53.7 Å². The third-order valence-corrected chi connectivity index (χ3v) is 3.06. The molecule has 3 aromatic rings. The van der Waals surface area contributed by atoms with Crippen molar-refractivity contribution in [2.45, 2.75) is 48.5 Å². The molecule has 0 bridgehead atoms. The molecule has 0 aromatic carbocycles. The molecule has 0 aliphatic rings. The highest BCUT2D eigenvalue weighted by atomic mass is 15.1. The van der Waals surface area contributed by atoms with Crippen LogP contribution >= 0.6 is 0 Å². The summed E-state index contributed by atoms with van der Waals surface area (Å²) in [5.41, 5.74) is 1.61. The minimum atomic E-state index is 0.444. The zero-order chi connectivity index (χ0) is 22.1. The Balaban J connectivity index is 0.00000100. The van der Waals surface area contributed by atoms with Crippen LogP contribution in [0.2, 0.25) is 0 Å². The summed E-state index contributed by atoms with van der Waals surface area (Å²) >= 11 is 0. The van der Waals surface area contributed by atoms with Crippen LogP contribution in [0.4, 0.5) is 11.5 Å². The van der Waals surface area contributed by atoms with Gasteiger partial charge < -0.3 is 5.32 Å². The van der Waals surface area contributed by atoms with E-state index in [0.717, 1.165) is 16.9 Å². The molecule has 1 N–H and O–H groups in total. The molecule has 156 valence electrons. The largest absolute Gasteiger partial charge is 0.339 e.